The van der Waals surface area contributed by atoms with Crippen LogP contribution in [0, 0.1) is 5.92 Å². The van der Waals surface area contributed by atoms with Crippen molar-refractivity contribution in [1.29, 1.82) is 0 Å². The Morgan fingerprint density at radius 1 is 1.21 bits per heavy atom. The van der Waals surface area contributed by atoms with E-state index in [1.165, 1.54) is 32.1 Å². The molecule has 29 heavy (non-hydrogen) atoms. The van der Waals surface area contributed by atoms with Gasteiger partial charge < -0.3 is 21.7 Å². The van der Waals surface area contributed by atoms with Gasteiger partial charge in [0.2, 0.25) is 5.91 Å². The van der Waals surface area contributed by atoms with Crippen LogP contribution in [0.3, 0.4) is 0 Å². The monoisotopic (exact) mass is 516 g/mol. The Balaban J connectivity index is 0.00000420. The number of aromatic nitrogens is 1. The maximum absolute atomic E-state index is 11.4. The van der Waals surface area contributed by atoms with Crippen molar-refractivity contribution < 1.29 is 4.79 Å². The number of nitrogens with zero attached hydrogens (tertiary/aromatic N) is 3. The van der Waals surface area contributed by atoms with Crippen molar-refractivity contribution in [3.63, 3.8) is 0 Å². The van der Waals surface area contributed by atoms with Crippen LogP contribution < -0.4 is 21.7 Å². The maximum atomic E-state index is 11.4. The number of primary amides is 1. The third-order valence-corrected chi connectivity index (χ3v) is 5.32. The number of guanidine groups is 1. The van der Waals surface area contributed by atoms with E-state index in [0.29, 0.717) is 12.5 Å². The van der Waals surface area contributed by atoms with E-state index in [-0.39, 0.29) is 35.8 Å². The smallest absolute Gasteiger partial charge is 0.220 e. The molecule has 0 saturated carbocycles. The van der Waals surface area contributed by atoms with Crippen LogP contribution >= 0.6 is 24.0 Å². The molecular weight excluding hydrogens is 479 g/mol. The zero-order chi connectivity index (χ0) is 20.2. The number of carbonyl (C=O) groups excluding carboxylic acids is 1. The molecule has 2 heterocycles. The molecule has 0 spiro atoms. The number of piperidine rings is 1. The number of carbonyl (C=O) groups is 1. The van der Waals surface area contributed by atoms with Crippen molar-refractivity contribution in [3.8, 4) is 0 Å². The lowest BCUT2D eigenvalue weighted by Gasteiger charge is -2.32. The molecule has 0 unspecified atom stereocenters. The second-order valence-electron chi connectivity index (χ2n) is 7.55. The van der Waals surface area contributed by atoms with Crippen molar-refractivity contribution in [3.05, 3.63) is 23.9 Å². The summed E-state index contributed by atoms with van der Waals surface area (Å²) >= 11 is 0. The van der Waals surface area contributed by atoms with Gasteiger partial charge in [0.05, 0.1) is 6.54 Å². The van der Waals surface area contributed by atoms with Gasteiger partial charge in [-0.3, -0.25) is 4.79 Å². The number of nitrogens with one attached hydrogen (secondary N) is 1. The van der Waals surface area contributed by atoms with Gasteiger partial charge in [-0.25, -0.2) is 9.98 Å². The lowest BCUT2D eigenvalue weighted by atomic mass is 9.96. The number of hydrogen-bond donors (Lipinski definition) is 3. The van der Waals surface area contributed by atoms with Crippen LogP contribution in [0.25, 0.3) is 0 Å². The molecule has 1 aromatic rings. The average Bonchev–Trinajstić information content (AvgIpc) is 2.72. The van der Waals surface area contributed by atoms with Gasteiger partial charge in [0.15, 0.2) is 5.96 Å². The molecule has 7 nitrogen and oxygen atoms in total. The zero-order valence-electron chi connectivity index (χ0n) is 17.6. The SMILES string of the molecule is CCCCCCCCNC(N)=NCc1cccnc1N1CCC(C(N)=O)CC1.I. The van der Waals surface area contributed by atoms with Crippen LogP contribution in [0.5, 0.6) is 0 Å². The van der Waals surface area contributed by atoms with Gasteiger partial charge in [-0.2, -0.15) is 0 Å². The predicted octanol–water partition coefficient (Wildman–Crippen LogP) is 3.17. The number of unbranched alkanes of at least 4 members (excludes halogenated alkanes) is 5. The molecule has 2 rings (SSSR count). The van der Waals surface area contributed by atoms with Crippen molar-refractivity contribution >= 4 is 41.7 Å². The predicted molar refractivity (Wildman–Crippen MR) is 130 cm³/mol. The van der Waals surface area contributed by atoms with Crippen LogP contribution in [0.1, 0.15) is 63.9 Å². The van der Waals surface area contributed by atoms with E-state index in [1.54, 1.807) is 6.20 Å². The number of hydrogen-bond acceptors (Lipinski definition) is 4. The highest BCUT2D eigenvalue weighted by molar-refractivity contribution is 14.0. The van der Waals surface area contributed by atoms with E-state index >= 15 is 0 Å². The summed E-state index contributed by atoms with van der Waals surface area (Å²) in [7, 11) is 0. The summed E-state index contributed by atoms with van der Waals surface area (Å²) in [5.74, 6) is 1.19. The second kappa shape index (κ2) is 14.4. The fraction of sp³-hybridized carbons (Fsp3) is 0.667. The first-order valence-electron chi connectivity index (χ1n) is 10.6. The number of aliphatic imine (C=N–C) groups is 1. The van der Waals surface area contributed by atoms with E-state index in [4.69, 9.17) is 11.5 Å². The first-order chi connectivity index (χ1) is 13.6. The van der Waals surface area contributed by atoms with E-state index in [9.17, 15) is 4.79 Å². The summed E-state index contributed by atoms with van der Waals surface area (Å²) in [5.41, 5.74) is 12.5. The van der Waals surface area contributed by atoms with Crippen LogP contribution in [0.2, 0.25) is 0 Å². The molecule has 164 valence electrons. The summed E-state index contributed by atoms with van der Waals surface area (Å²) < 4.78 is 0. The van der Waals surface area contributed by atoms with Crippen molar-refractivity contribution in [2.24, 2.45) is 22.4 Å². The van der Waals surface area contributed by atoms with Crippen LogP contribution in [-0.2, 0) is 11.3 Å². The number of pyridine rings is 1. The third kappa shape index (κ3) is 9.18. The molecule has 1 amide bonds. The Morgan fingerprint density at radius 3 is 2.59 bits per heavy atom. The molecule has 0 aliphatic carbocycles. The van der Waals surface area contributed by atoms with Gasteiger partial charge >= 0.3 is 0 Å². The quantitative estimate of drug-likeness (QED) is 0.181. The van der Waals surface area contributed by atoms with Gasteiger partial charge in [-0.05, 0) is 25.3 Å². The average molecular weight is 516 g/mol. The maximum Gasteiger partial charge on any atom is 0.220 e. The molecule has 5 N–H and O–H groups in total. The highest BCUT2D eigenvalue weighted by Gasteiger charge is 2.24. The summed E-state index contributed by atoms with van der Waals surface area (Å²) in [4.78, 5) is 22.6. The van der Waals surface area contributed by atoms with E-state index in [0.717, 1.165) is 50.3 Å². The highest BCUT2D eigenvalue weighted by Crippen LogP contribution is 2.24. The molecule has 0 radical (unpaired) electrons. The Bertz CT molecular complexity index is 631. The molecule has 1 aromatic heterocycles. The van der Waals surface area contributed by atoms with E-state index in [1.807, 2.05) is 12.1 Å². The lowest BCUT2D eigenvalue weighted by Crippen LogP contribution is -2.39. The minimum atomic E-state index is -0.199. The molecule has 1 saturated heterocycles. The zero-order valence-corrected chi connectivity index (χ0v) is 19.9. The topological polar surface area (TPSA) is 110 Å². The number of amides is 1. The largest absolute Gasteiger partial charge is 0.370 e. The summed E-state index contributed by atoms with van der Waals surface area (Å²) in [5, 5.41) is 3.20. The molecular formula is C21H37IN6O. The Kier molecular flexibility index (Phi) is 12.6. The van der Waals surface area contributed by atoms with Crippen molar-refractivity contribution in [2.75, 3.05) is 24.5 Å². The molecule has 0 atom stereocenters. The standard InChI is InChI=1S/C21H36N6O.HI/c1-2-3-4-5-6-7-12-25-21(23)26-16-18-9-8-13-24-20(18)27-14-10-17(11-15-27)19(22)28;/h8-9,13,17H,2-7,10-12,14-16H2,1H3,(H2,22,28)(H3,23,25,26);1H. The molecule has 1 aliphatic heterocycles. The van der Waals surface area contributed by atoms with Gasteiger partial charge in [0.25, 0.3) is 0 Å². The third-order valence-electron chi connectivity index (χ3n) is 5.32. The number of nitrogens with two attached hydrogens (primary N) is 2. The second-order valence-corrected chi connectivity index (χ2v) is 7.55. The molecule has 0 aromatic carbocycles. The molecule has 1 aliphatic rings. The number of halogens is 1. The normalized spacial score (nSPS) is 15.1. The Morgan fingerprint density at radius 2 is 1.90 bits per heavy atom. The van der Waals surface area contributed by atoms with Crippen molar-refractivity contribution in [2.45, 2.75) is 64.8 Å². The highest BCUT2D eigenvalue weighted by atomic mass is 127. The van der Waals surface area contributed by atoms with Gasteiger partial charge in [0, 0.05) is 37.3 Å². The van der Waals surface area contributed by atoms with Gasteiger partial charge in [0.1, 0.15) is 5.82 Å². The summed E-state index contributed by atoms with van der Waals surface area (Å²) in [6.45, 7) is 5.16. The van der Waals surface area contributed by atoms with Crippen LogP contribution in [-0.4, -0.2) is 36.5 Å². The number of rotatable bonds is 11. The van der Waals surface area contributed by atoms with Gasteiger partial charge in [-0.1, -0.05) is 45.1 Å². The molecule has 0 bridgehead atoms. The fourth-order valence-electron chi connectivity index (χ4n) is 3.56. The number of anilines is 1. The lowest BCUT2D eigenvalue weighted by molar-refractivity contribution is -0.122. The van der Waals surface area contributed by atoms with Crippen LogP contribution in [0.15, 0.2) is 23.3 Å². The van der Waals surface area contributed by atoms with Gasteiger partial charge in [-0.15, -0.1) is 24.0 Å². The van der Waals surface area contributed by atoms with E-state index in [2.05, 4.69) is 27.1 Å². The first-order valence-corrected chi connectivity index (χ1v) is 10.6. The minimum absolute atomic E-state index is 0. The Hall–Kier alpha value is -1.58. The van der Waals surface area contributed by atoms with Crippen molar-refractivity contribution in [1.82, 2.24) is 10.3 Å². The minimum Gasteiger partial charge on any atom is -0.370 e. The summed E-state index contributed by atoms with van der Waals surface area (Å²) in [6.07, 6.45) is 10.9. The molecule has 8 heteroatoms. The van der Waals surface area contributed by atoms with E-state index < -0.39 is 0 Å². The Labute approximate surface area is 192 Å². The summed E-state index contributed by atoms with van der Waals surface area (Å²) in [6, 6.07) is 3.96. The van der Waals surface area contributed by atoms with Crippen LogP contribution in [0.4, 0.5) is 5.82 Å². The molecule has 1 fully saturated rings. The fourth-order valence-corrected chi connectivity index (χ4v) is 3.56. The first kappa shape index (κ1) is 25.5.